The summed E-state index contributed by atoms with van der Waals surface area (Å²) < 4.78 is 3.30. The molecular weight excluding hydrogens is 254 g/mol. The third-order valence-corrected chi connectivity index (χ3v) is 4.00. The van der Waals surface area contributed by atoms with Crippen LogP contribution in [0, 0.1) is 5.92 Å². The van der Waals surface area contributed by atoms with E-state index >= 15 is 0 Å². The van der Waals surface area contributed by atoms with Gasteiger partial charge >= 0.3 is 5.69 Å². The standard InChI is InChI=1S/C15H19N3O2/c1-17-12-6-3-10(9-13(12)18(2)15(17)20)7-8-16-14(19)11-4-5-11/h3,6,9,11H,4-5,7-8H2,1-2H3,(H,16,19). The van der Waals surface area contributed by atoms with Crippen LogP contribution < -0.4 is 11.0 Å². The highest BCUT2D eigenvalue weighted by Crippen LogP contribution is 2.28. The van der Waals surface area contributed by atoms with Crippen molar-refractivity contribution in [3.05, 3.63) is 34.2 Å². The first-order chi connectivity index (χ1) is 9.58. The van der Waals surface area contributed by atoms with Crippen LogP contribution in [0.1, 0.15) is 18.4 Å². The zero-order chi connectivity index (χ0) is 14.3. The highest BCUT2D eigenvalue weighted by molar-refractivity contribution is 5.81. The molecule has 0 unspecified atom stereocenters. The van der Waals surface area contributed by atoms with Crippen LogP contribution in [0.3, 0.4) is 0 Å². The molecule has 3 rings (SSSR count). The van der Waals surface area contributed by atoms with Crippen molar-refractivity contribution in [1.82, 2.24) is 14.5 Å². The number of amides is 1. The van der Waals surface area contributed by atoms with E-state index in [4.69, 9.17) is 0 Å². The summed E-state index contributed by atoms with van der Waals surface area (Å²) in [6.45, 7) is 0.654. The van der Waals surface area contributed by atoms with Gasteiger partial charge in [-0.25, -0.2) is 4.79 Å². The average Bonchev–Trinajstić information content (AvgIpc) is 3.26. The minimum atomic E-state index is -0.0146. The van der Waals surface area contributed by atoms with E-state index < -0.39 is 0 Å². The average molecular weight is 273 g/mol. The molecule has 1 fully saturated rings. The third-order valence-electron chi connectivity index (χ3n) is 4.00. The molecule has 1 aliphatic carbocycles. The predicted octanol–water partition coefficient (Wildman–Crippen LogP) is 0.946. The van der Waals surface area contributed by atoms with Gasteiger partial charge < -0.3 is 5.32 Å². The maximum absolute atomic E-state index is 11.9. The van der Waals surface area contributed by atoms with E-state index in [-0.39, 0.29) is 17.5 Å². The maximum atomic E-state index is 11.9. The summed E-state index contributed by atoms with van der Waals surface area (Å²) in [6, 6.07) is 6.01. The number of nitrogens with one attached hydrogen (secondary N) is 1. The number of imidazole rings is 1. The summed E-state index contributed by atoms with van der Waals surface area (Å²) in [5, 5.41) is 2.96. The van der Waals surface area contributed by atoms with Gasteiger partial charge in [-0.2, -0.15) is 0 Å². The fraction of sp³-hybridized carbons (Fsp3) is 0.467. The van der Waals surface area contributed by atoms with Gasteiger partial charge in [0.15, 0.2) is 0 Å². The van der Waals surface area contributed by atoms with E-state index in [1.165, 1.54) is 0 Å². The second kappa shape index (κ2) is 4.81. The molecule has 2 aromatic rings. The molecule has 1 amide bonds. The lowest BCUT2D eigenvalue weighted by Gasteiger charge is -2.05. The molecule has 1 aromatic heterocycles. The predicted molar refractivity (Wildman–Crippen MR) is 77.6 cm³/mol. The Kier molecular flexibility index (Phi) is 3.12. The number of aromatic nitrogens is 2. The lowest BCUT2D eigenvalue weighted by atomic mass is 10.1. The molecule has 5 nitrogen and oxygen atoms in total. The van der Waals surface area contributed by atoms with Crippen LogP contribution in [0.25, 0.3) is 11.0 Å². The van der Waals surface area contributed by atoms with Crippen LogP contribution in [0.5, 0.6) is 0 Å². The van der Waals surface area contributed by atoms with Gasteiger partial charge in [-0.1, -0.05) is 6.07 Å². The van der Waals surface area contributed by atoms with Crippen LogP contribution in [0.2, 0.25) is 0 Å². The Morgan fingerprint density at radius 3 is 2.65 bits per heavy atom. The van der Waals surface area contributed by atoms with Crippen molar-refractivity contribution in [3.8, 4) is 0 Å². The minimum Gasteiger partial charge on any atom is -0.356 e. The summed E-state index contributed by atoms with van der Waals surface area (Å²) in [7, 11) is 3.56. The number of aryl methyl sites for hydroxylation is 2. The summed E-state index contributed by atoms with van der Waals surface area (Å²) >= 11 is 0. The van der Waals surface area contributed by atoms with Gasteiger partial charge in [-0.05, 0) is 37.0 Å². The molecule has 0 atom stereocenters. The second-order valence-electron chi connectivity index (χ2n) is 5.54. The Bertz CT molecular complexity index is 723. The smallest absolute Gasteiger partial charge is 0.328 e. The van der Waals surface area contributed by atoms with Crippen molar-refractivity contribution in [2.75, 3.05) is 6.54 Å². The van der Waals surface area contributed by atoms with Crippen LogP contribution in [-0.4, -0.2) is 21.6 Å². The van der Waals surface area contributed by atoms with Crippen molar-refractivity contribution in [1.29, 1.82) is 0 Å². The van der Waals surface area contributed by atoms with E-state index in [9.17, 15) is 9.59 Å². The van der Waals surface area contributed by atoms with Gasteiger partial charge in [-0.15, -0.1) is 0 Å². The van der Waals surface area contributed by atoms with Gasteiger partial charge in [0.25, 0.3) is 0 Å². The molecule has 5 heteroatoms. The molecule has 1 heterocycles. The molecule has 1 aromatic carbocycles. The molecule has 106 valence electrons. The lowest BCUT2D eigenvalue weighted by molar-refractivity contribution is -0.122. The number of fused-ring (bicyclic) bond motifs is 1. The normalized spacial score (nSPS) is 14.7. The number of carbonyl (C=O) groups excluding carboxylic acids is 1. The van der Waals surface area contributed by atoms with Crippen LogP contribution in [-0.2, 0) is 25.3 Å². The summed E-state index contributed by atoms with van der Waals surface area (Å²) in [6.07, 6.45) is 2.85. The summed E-state index contributed by atoms with van der Waals surface area (Å²) in [5.41, 5.74) is 2.99. The quantitative estimate of drug-likeness (QED) is 0.901. The Hall–Kier alpha value is -2.04. The van der Waals surface area contributed by atoms with Crippen molar-refractivity contribution in [2.45, 2.75) is 19.3 Å². The fourth-order valence-electron chi connectivity index (χ4n) is 2.53. The van der Waals surface area contributed by atoms with Gasteiger partial charge in [0.1, 0.15) is 0 Å². The van der Waals surface area contributed by atoms with Crippen molar-refractivity contribution in [3.63, 3.8) is 0 Å². The molecule has 1 N–H and O–H groups in total. The Labute approximate surface area is 117 Å². The van der Waals surface area contributed by atoms with Crippen LogP contribution in [0.15, 0.2) is 23.0 Å². The third kappa shape index (κ3) is 2.24. The molecule has 0 spiro atoms. The highest BCUT2D eigenvalue weighted by Gasteiger charge is 2.28. The molecule has 1 aliphatic rings. The van der Waals surface area contributed by atoms with Crippen LogP contribution >= 0.6 is 0 Å². The zero-order valence-corrected chi connectivity index (χ0v) is 11.8. The number of hydrogen-bond acceptors (Lipinski definition) is 2. The van der Waals surface area contributed by atoms with E-state index in [0.717, 1.165) is 35.9 Å². The number of carbonyl (C=O) groups is 1. The SMILES string of the molecule is Cn1c(=O)n(C)c2cc(CCNC(=O)C3CC3)ccc21. The first-order valence-corrected chi connectivity index (χ1v) is 7.00. The lowest BCUT2D eigenvalue weighted by Crippen LogP contribution is -2.26. The molecule has 1 saturated carbocycles. The molecule has 0 saturated heterocycles. The van der Waals surface area contributed by atoms with Crippen LogP contribution in [0.4, 0.5) is 0 Å². The first-order valence-electron chi connectivity index (χ1n) is 7.00. The molecule has 20 heavy (non-hydrogen) atoms. The van der Waals surface area contributed by atoms with Gasteiger partial charge in [0, 0.05) is 26.6 Å². The highest BCUT2D eigenvalue weighted by atomic mass is 16.2. The van der Waals surface area contributed by atoms with E-state index in [2.05, 4.69) is 5.32 Å². The maximum Gasteiger partial charge on any atom is 0.328 e. The Morgan fingerprint density at radius 2 is 1.95 bits per heavy atom. The van der Waals surface area contributed by atoms with E-state index in [1.807, 2.05) is 18.2 Å². The van der Waals surface area contributed by atoms with Gasteiger partial charge in [-0.3, -0.25) is 13.9 Å². The molecule has 0 radical (unpaired) electrons. The minimum absolute atomic E-state index is 0.0146. The van der Waals surface area contributed by atoms with Crippen molar-refractivity contribution >= 4 is 16.9 Å². The monoisotopic (exact) mass is 273 g/mol. The molecule has 0 bridgehead atoms. The number of rotatable bonds is 4. The van der Waals surface area contributed by atoms with E-state index in [1.54, 1.807) is 23.2 Å². The number of benzene rings is 1. The van der Waals surface area contributed by atoms with Gasteiger partial charge in [0.05, 0.1) is 11.0 Å². The second-order valence-corrected chi connectivity index (χ2v) is 5.54. The topological polar surface area (TPSA) is 56.0 Å². The number of nitrogens with zero attached hydrogens (tertiary/aromatic N) is 2. The van der Waals surface area contributed by atoms with Crippen molar-refractivity contribution in [2.24, 2.45) is 20.0 Å². The number of hydrogen-bond donors (Lipinski definition) is 1. The summed E-state index contributed by atoms with van der Waals surface area (Å²) in [5.74, 6) is 0.436. The van der Waals surface area contributed by atoms with Crippen molar-refractivity contribution < 1.29 is 4.79 Å². The van der Waals surface area contributed by atoms with Gasteiger partial charge in [0.2, 0.25) is 5.91 Å². The fourth-order valence-corrected chi connectivity index (χ4v) is 2.53. The van der Waals surface area contributed by atoms with E-state index in [0.29, 0.717) is 6.54 Å². The Balaban J connectivity index is 1.74. The summed E-state index contributed by atoms with van der Waals surface area (Å²) in [4.78, 5) is 23.4. The zero-order valence-electron chi connectivity index (χ0n) is 11.8. The Morgan fingerprint density at radius 1 is 1.25 bits per heavy atom. The largest absolute Gasteiger partial charge is 0.356 e. The first kappa shape index (κ1) is 13.0. The molecular formula is C15H19N3O2. The molecule has 0 aliphatic heterocycles.